The van der Waals surface area contributed by atoms with Crippen LogP contribution in [0.5, 0.6) is 0 Å². The van der Waals surface area contributed by atoms with Crippen LogP contribution in [0.4, 0.5) is 0 Å². The molecule has 0 heterocycles. The molecule has 0 aromatic heterocycles. The molecule has 0 aromatic carbocycles. The van der Waals surface area contributed by atoms with Gasteiger partial charge in [-0.05, 0) is 37.2 Å². The van der Waals surface area contributed by atoms with E-state index in [2.05, 4.69) is 27.7 Å². The predicted molar refractivity (Wildman–Crippen MR) is 354 cm³/mol. The number of unbranched alkanes of at least 4 members (excludes halogenated alkanes) is 44. The first kappa shape index (κ1) is 85.3. The van der Waals surface area contributed by atoms with Crippen LogP contribution in [-0.2, 0) is 40.8 Å². The highest BCUT2D eigenvalue weighted by Crippen LogP contribution is 2.17. The molecule has 0 amide bonds. The quantitative estimate of drug-likeness (QED) is 0.0424. The molecular weight excluding hydrogens is 1080 g/mol. The van der Waals surface area contributed by atoms with Crippen LogP contribution in [0.1, 0.15) is 349 Å². The van der Waals surface area contributed by atoms with Gasteiger partial charge in [0, 0.05) is 44.6 Å². The van der Waals surface area contributed by atoms with E-state index in [1.165, 1.54) is 283 Å². The summed E-state index contributed by atoms with van der Waals surface area (Å²) in [5.74, 6) is 1.33. The lowest BCUT2D eigenvalue weighted by Gasteiger charge is -2.03. The highest BCUT2D eigenvalue weighted by molar-refractivity contribution is 8.00. The van der Waals surface area contributed by atoms with Gasteiger partial charge in [-0.3, -0.25) is 27.6 Å². The van der Waals surface area contributed by atoms with Gasteiger partial charge in [-0.15, -0.1) is 0 Å². The normalized spacial score (nSPS) is 11.7. The van der Waals surface area contributed by atoms with Gasteiger partial charge in [0.1, 0.15) is 5.75 Å². The second-order valence-corrected chi connectivity index (χ2v) is 28.0. The fourth-order valence-corrected chi connectivity index (χ4v) is 13.0. The topological polar surface area (TPSA) is 183 Å². The van der Waals surface area contributed by atoms with Crippen molar-refractivity contribution < 1.29 is 48.0 Å². The van der Waals surface area contributed by atoms with Crippen LogP contribution < -0.4 is 0 Å². The van der Waals surface area contributed by atoms with Crippen molar-refractivity contribution in [2.45, 2.75) is 349 Å². The van der Waals surface area contributed by atoms with E-state index >= 15 is 0 Å². The van der Waals surface area contributed by atoms with Gasteiger partial charge in [0.25, 0.3) is 0 Å². The van der Waals surface area contributed by atoms with Gasteiger partial charge < -0.3 is 20.4 Å². The minimum atomic E-state index is -1.16. The fourth-order valence-electron chi connectivity index (χ4n) is 9.23. The Morgan fingerprint density at radius 1 is 0.263 bits per heavy atom. The SMILES string of the molecule is CCCCCCCCCCCCCCS(=O)CC(=O)O.CCCCCCCCCCCCCCS(=O)CCC(=O)O.CCCCCCCCCCCCCCSCC(=O)O.CCCCCCCCCCCCCCSCCC(=O)O. The van der Waals surface area contributed by atoms with E-state index in [0.717, 1.165) is 42.9 Å². The molecule has 10 nitrogen and oxygen atoms in total. The summed E-state index contributed by atoms with van der Waals surface area (Å²) in [5, 5.41) is 34.0. The van der Waals surface area contributed by atoms with Crippen LogP contribution in [0.25, 0.3) is 0 Å². The molecule has 0 rings (SSSR count). The lowest BCUT2D eigenvalue weighted by atomic mass is 10.1. The third-order valence-corrected chi connectivity index (χ3v) is 19.1. The third kappa shape index (κ3) is 93.3. The summed E-state index contributed by atoms with van der Waals surface area (Å²) in [4.78, 5) is 41.3. The Morgan fingerprint density at radius 2 is 0.512 bits per heavy atom. The Labute approximate surface area is 508 Å². The first-order chi connectivity index (χ1) is 38.9. The van der Waals surface area contributed by atoms with Crippen LogP contribution in [0.3, 0.4) is 0 Å². The van der Waals surface area contributed by atoms with Crippen LogP contribution in [0.15, 0.2) is 0 Å². The number of aliphatic carboxylic acids is 4. The number of carboxylic acid groups (broad SMARTS) is 4. The summed E-state index contributed by atoms with van der Waals surface area (Å²) in [5.41, 5.74) is 0. The lowest BCUT2D eigenvalue weighted by Crippen LogP contribution is -2.11. The summed E-state index contributed by atoms with van der Waals surface area (Å²) >= 11 is 3.33. The van der Waals surface area contributed by atoms with E-state index in [1.807, 2.05) is 0 Å². The van der Waals surface area contributed by atoms with Crippen molar-refractivity contribution in [3.05, 3.63) is 0 Å². The van der Waals surface area contributed by atoms with E-state index in [-0.39, 0.29) is 17.9 Å². The zero-order valence-corrected chi connectivity index (χ0v) is 56.1. The van der Waals surface area contributed by atoms with E-state index < -0.39 is 45.5 Å². The van der Waals surface area contributed by atoms with Crippen molar-refractivity contribution in [2.75, 3.05) is 46.0 Å². The predicted octanol–water partition coefficient (Wildman–Crippen LogP) is 20.8. The smallest absolute Gasteiger partial charge is 0.316 e. The minimum absolute atomic E-state index is 0.0326. The number of carboxylic acids is 4. The Kier molecular flexibility index (Phi) is 83.1. The summed E-state index contributed by atoms with van der Waals surface area (Å²) < 4.78 is 22.7. The Bertz CT molecular complexity index is 1310. The maximum Gasteiger partial charge on any atom is 0.316 e. The average Bonchev–Trinajstić information content (AvgIpc) is 3.42. The van der Waals surface area contributed by atoms with Gasteiger partial charge in [0.2, 0.25) is 0 Å². The van der Waals surface area contributed by atoms with Gasteiger partial charge in [-0.1, -0.05) is 310 Å². The fraction of sp³-hybridized carbons (Fsp3) is 0.939. The molecule has 0 aliphatic carbocycles. The molecule has 4 N–H and O–H groups in total. The Morgan fingerprint density at radius 3 is 0.775 bits per heavy atom. The molecule has 2 unspecified atom stereocenters. The molecule has 80 heavy (non-hydrogen) atoms. The zero-order chi connectivity index (χ0) is 59.9. The zero-order valence-electron chi connectivity index (χ0n) is 52.9. The molecule has 14 heteroatoms. The summed E-state index contributed by atoms with van der Waals surface area (Å²) in [6, 6.07) is 0. The van der Waals surface area contributed by atoms with Crippen molar-refractivity contribution in [1.29, 1.82) is 0 Å². The monoisotopic (exact) mass is 1210 g/mol. The summed E-state index contributed by atoms with van der Waals surface area (Å²) in [6.45, 7) is 9.03. The molecule has 0 aliphatic rings. The van der Waals surface area contributed by atoms with Crippen molar-refractivity contribution in [3.8, 4) is 0 Å². The standard InChI is InChI=1S/C17H34O3S.C17H34O2S.C16H32O3S.C16H32O2S/c1-2-3-4-5-6-7-8-9-10-11-12-13-15-21(20)16-14-17(18)19;1-2-3-4-5-6-7-8-9-10-11-12-13-15-20-16-14-17(18)19;1-2-3-4-5-6-7-8-9-10-11-12-13-14-20(19)15-16(17)18;1-2-3-4-5-6-7-8-9-10-11-12-13-14-19-15-16(17)18/h2-16H2,1H3,(H,18,19);2-16H2,1H3,(H,18,19);2-15H2,1H3,(H,17,18);2-15H2,1H3,(H,17,18). The maximum atomic E-state index is 11.5. The molecule has 0 spiro atoms. The molecular formula is C66H132O10S4. The first-order valence-electron chi connectivity index (χ1n) is 33.6. The van der Waals surface area contributed by atoms with Gasteiger partial charge >= 0.3 is 23.9 Å². The largest absolute Gasteiger partial charge is 0.481 e. The maximum absolute atomic E-state index is 11.5. The van der Waals surface area contributed by atoms with Gasteiger partial charge in [0.05, 0.1) is 18.6 Å². The number of thioether (sulfide) groups is 2. The average molecular weight is 1210 g/mol. The number of carbonyl (C=O) groups is 4. The second-order valence-electron chi connectivity index (χ2n) is 22.4. The summed E-state index contributed by atoms with van der Waals surface area (Å²) in [7, 11) is -2.10. The van der Waals surface area contributed by atoms with Crippen molar-refractivity contribution in [2.24, 2.45) is 0 Å². The molecule has 0 aromatic rings. The number of hydrogen-bond acceptors (Lipinski definition) is 8. The van der Waals surface area contributed by atoms with Crippen LogP contribution in [0.2, 0.25) is 0 Å². The minimum Gasteiger partial charge on any atom is -0.481 e. The lowest BCUT2D eigenvalue weighted by molar-refractivity contribution is -0.137. The van der Waals surface area contributed by atoms with E-state index in [1.54, 1.807) is 23.5 Å². The first-order valence-corrected chi connectivity index (χ1v) is 38.9. The van der Waals surface area contributed by atoms with Crippen LogP contribution in [0, 0.1) is 0 Å². The Balaban J connectivity index is -0.000000482. The van der Waals surface area contributed by atoms with E-state index in [9.17, 15) is 27.6 Å². The van der Waals surface area contributed by atoms with Gasteiger partial charge in [0.15, 0.2) is 0 Å². The molecule has 0 fully saturated rings. The molecule has 2 atom stereocenters. The highest BCUT2D eigenvalue weighted by atomic mass is 32.2. The van der Waals surface area contributed by atoms with E-state index in [0.29, 0.717) is 23.7 Å². The molecule has 0 saturated carbocycles. The van der Waals surface area contributed by atoms with Crippen molar-refractivity contribution in [1.82, 2.24) is 0 Å². The number of rotatable bonds is 62. The van der Waals surface area contributed by atoms with E-state index in [4.69, 9.17) is 20.4 Å². The Hall–Kier alpha value is -1.12. The molecule has 480 valence electrons. The van der Waals surface area contributed by atoms with Crippen molar-refractivity contribution in [3.63, 3.8) is 0 Å². The third-order valence-electron chi connectivity index (χ3n) is 14.2. The molecule has 0 radical (unpaired) electrons. The molecule has 0 aliphatic heterocycles. The van der Waals surface area contributed by atoms with Crippen molar-refractivity contribution >= 4 is 69.0 Å². The van der Waals surface area contributed by atoms with Crippen LogP contribution >= 0.6 is 23.5 Å². The molecule has 0 bridgehead atoms. The second kappa shape index (κ2) is 77.9. The van der Waals surface area contributed by atoms with Gasteiger partial charge in [-0.25, -0.2) is 0 Å². The highest BCUT2D eigenvalue weighted by Gasteiger charge is 2.06. The summed E-state index contributed by atoms with van der Waals surface area (Å²) in [6.07, 6.45) is 64.2. The number of hydrogen-bond donors (Lipinski definition) is 4. The van der Waals surface area contributed by atoms with Crippen LogP contribution in [-0.4, -0.2) is 98.7 Å². The molecule has 0 saturated heterocycles. The van der Waals surface area contributed by atoms with Gasteiger partial charge in [-0.2, -0.15) is 23.5 Å².